The number of ether oxygens (including phenoxy) is 2. The van der Waals surface area contributed by atoms with E-state index in [2.05, 4.69) is 5.32 Å². The first kappa shape index (κ1) is 32.2. The lowest BCUT2D eigenvalue weighted by Gasteiger charge is -2.31. The number of nitrogens with one attached hydrogen (secondary N) is 1. The molecule has 2 aromatic carbocycles. The van der Waals surface area contributed by atoms with Crippen LogP contribution in [0, 0.1) is 0 Å². The fraction of sp³-hybridized carbons (Fsp3) is 0.500. The average molecular weight is 582 g/mol. The summed E-state index contributed by atoms with van der Waals surface area (Å²) in [6, 6.07) is 11.4. The molecule has 0 spiro atoms. The summed E-state index contributed by atoms with van der Waals surface area (Å²) in [5.74, 6) is 0.699. The highest BCUT2D eigenvalue weighted by Gasteiger charge is 2.29. The van der Waals surface area contributed by atoms with Gasteiger partial charge in [0.25, 0.3) is 0 Å². The molecule has 0 aliphatic carbocycles. The Hall–Kier alpha value is -2.98. The number of amides is 2. The fourth-order valence-corrected chi connectivity index (χ4v) is 5.38. The van der Waals surface area contributed by atoms with E-state index in [0.717, 1.165) is 24.7 Å². The molecule has 2 rings (SSSR count). The lowest BCUT2D eigenvalue weighted by Crippen LogP contribution is -2.49. The molecule has 39 heavy (non-hydrogen) atoms. The van der Waals surface area contributed by atoms with E-state index in [9.17, 15) is 18.0 Å². The predicted molar refractivity (Wildman–Crippen MR) is 155 cm³/mol. The minimum absolute atomic E-state index is 0.0603. The Morgan fingerprint density at radius 3 is 2.26 bits per heavy atom. The van der Waals surface area contributed by atoms with Crippen molar-refractivity contribution in [2.45, 2.75) is 58.5 Å². The van der Waals surface area contributed by atoms with Crippen LogP contribution in [0.2, 0.25) is 5.02 Å². The van der Waals surface area contributed by atoms with Gasteiger partial charge in [0.05, 0.1) is 31.2 Å². The second-order valence-electron chi connectivity index (χ2n) is 9.20. The van der Waals surface area contributed by atoms with Gasteiger partial charge in [-0.1, -0.05) is 44.0 Å². The summed E-state index contributed by atoms with van der Waals surface area (Å²) in [6.07, 6.45) is 3.66. The number of carbonyl (C=O) groups excluding carboxylic acids is 2. The Morgan fingerprint density at radius 2 is 1.72 bits per heavy atom. The standard InChI is InChI=1S/C28H40ClN3O6S/c1-6-8-17-30-28(34)25(7-2)31(20-21-11-14-23(37-3)15-12-21)27(33)10-9-18-32(39(5,35)36)22-13-16-26(38-4)24(29)19-22/h11-16,19,25H,6-10,17-18,20H2,1-5H3,(H,30,34)/t25-/m0/s1. The van der Waals surface area contributed by atoms with E-state index in [-0.39, 0.29) is 42.8 Å². The minimum atomic E-state index is -3.64. The molecule has 2 aromatic rings. The first-order chi connectivity index (χ1) is 18.5. The molecule has 0 aliphatic heterocycles. The lowest BCUT2D eigenvalue weighted by atomic mass is 10.1. The van der Waals surface area contributed by atoms with Gasteiger partial charge in [-0.05, 0) is 55.2 Å². The van der Waals surface area contributed by atoms with Crippen molar-refractivity contribution < 1.29 is 27.5 Å². The Balaban J connectivity index is 2.22. The van der Waals surface area contributed by atoms with Gasteiger partial charge in [-0.3, -0.25) is 13.9 Å². The highest BCUT2D eigenvalue weighted by molar-refractivity contribution is 7.92. The molecule has 0 aliphatic rings. The van der Waals surface area contributed by atoms with E-state index in [1.54, 1.807) is 24.1 Å². The van der Waals surface area contributed by atoms with E-state index < -0.39 is 16.1 Å². The zero-order valence-corrected chi connectivity index (χ0v) is 25.0. The molecule has 1 N–H and O–H groups in total. The van der Waals surface area contributed by atoms with Crippen molar-refractivity contribution in [3.8, 4) is 11.5 Å². The van der Waals surface area contributed by atoms with Crippen LogP contribution in [-0.4, -0.2) is 64.7 Å². The van der Waals surface area contributed by atoms with Gasteiger partial charge < -0.3 is 19.7 Å². The minimum Gasteiger partial charge on any atom is -0.497 e. The molecule has 0 bridgehead atoms. The first-order valence-electron chi connectivity index (χ1n) is 13.1. The van der Waals surface area contributed by atoms with Gasteiger partial charge in [-0.15, -0.1) is 0 Å². The molecule has 0 saturated heterocycles. The van der Waals surface area contributed by atoms with Crippen LogP contribution in [0.3, 0.4) is 0 Å². The maximum atomic E-state index is 13.5. The SMILES string of the molecule is CCCCNC(=O)[C@H](CC)N(Cc1ccc(OC)cc1)C(=O)CCCN(c1ccc(OC)c(Cl)c1)S(C)(=O)=O. The van der Waals surface area contributed by atoms with Crippen molar-refractivity contribution in [2.75, 3.05) is 37.9 Å². The maximum absolute atomic E-state index is 13.5. The van der Waals surface area contributed by atoms with Crippen LogP contribution in [0.1, 0.15) is 51.5 Å². The number of unbranched alkanes of at least 4 members (excludes halogenated alkanes) is 1. The van der Waals surface area contributed by atoms with E-state index in [1.807, 2.05) is 38.1 Å². The smallest absolute Gasteiger partial charge is 0.242 e. The number of benzene rings is 2. The molecule has 0 radical (unpaired) electrons. The molecule has 0 fully saturated rings. The molecule has 1 atom stereocenters. The molecule has 0 unspecified atom stereocenters. The second-order valence-corrected chi connectivity index (χ2v) is 11.5. The number of hydrogen-bond donors (Lipinski definition) is 1. The molecular weight excluding hydrogens is 542 g/mol. The molecule has 0 heterocycles. The van der Waals surface area contributed by atoms with Crippen molar-refractivity contribution in [1.29, 1.82) is 0 Å². The Labute approximate surface area is 237 Å². The Bertz CT molecular complexity index is 1190. The van der Waals surface area contributed by atoms with Crippen LogP contribution in [0.15, 0.2) is 42.5 Å². The van der Waals surface area contributed by atoms with Gasteiger partial charge in [0, 0.05) is 26.1 Å². The van der Waals surface area contributed by atoms with Gasteiger partial charge in [0.1, 0.15) is 17.5 Å². The Kier molecular flexibility index (Phi) is 12.9. The zero-order chi connectivity index (χ0) is 29.0. The van der Waals surface area contributed by atoms with E-state index in [0.29, 0.717) is 30.2 Å². The predicted octanol–water partition coefficient (Wildman–Crippen LogP) is 4.63. The number of anilines is 1. The maximum Gasteiger partial charge on any atom is 0.242 e. The van der Waals surface area contributed by atoms with Crippen LogP contribution in [0.4, 0.5) is 5.69 Å². The summed E-state index contributed by atoms with van der Waals surface area (Å²) in [4.78, 5) is 28.1. The quantitative estimate of drug-likeness (QED) is 0.290. The monoisotopic (exact) mass is 581 g/mol. The third-order valence-corrected chi connectivity index (χ3v) is 7.79. The van der Waals surface area contributed by atoms with Crippen LogP contribution in [-0.2, 0) is 26.2 Å². The summed E-state index contributed by atoms with van der Waals surface area (Å²) < 4.78 is 36.7. The number of methoxy groups -OCH3 is 2. The van der Waals surface area contributed by atoms with Crippen molar-refractivity contribution in [3.63, 3.8) is 0 Å². The summed E-state index contributed by atoms with van der Waals surface area (Å²) >= 11 is 6.22. The lowest BCUT2D eigenvalue weighted by molar-refractivity contribution is -0.141. The van der Waals surface area contributed by atoms with Crippen LogP contribution >= 0.6 is 11.6 Å². The van der Waals surface area contributed by atoms with E-state index in [4.69, 9.17) is 21.1 Å². The molecule has 9 nitrogen and oxygen atoms in total. The number of rotatable bonds is 16. The van der Waals surface area contributed by atoms with Crippen LogP contribution in [0.25, 0.3) is 0 Å². The number of nitrogens with zero attached hydrogens (tertiary/aromatic N) is 2. The molecule has 216 valence electrons. The summed E-state index contributed by atoms with van der Waals surface area (Å²) in [5.41, 5.74) is 1.24. The van der Waals surface area contributed by atoms with Gasteiger partial charge in [-0.25, -0.2) is 8.42 Å². The topological polar surface area (TPSA) is 105 Å². The summed E-state index contributed by atoms with van der Waals surface area (Å²) in [7, 11) is -0.582. The summed E-state index contributed by atoms with van der Waals surface area (Å²) in [5, 5.41) is 3.22. The third kappa shape index (κ3) is 9.61. The number of hydrogen-bond acceptors (Lipinski definition) is 6. The van der Waals surface area contributed by atoms with Crippen molar-refractivity contribution >= 4 is 39.1 Å². The van der Waals surface area contributed by atoms with Crippen molar-refractivity contribution in [1.82, 2.24) is 10.2 Å². The van der Waals surface area contributed by atoms with E-state index >= 15 is 0 Å². The number of sulfonamides is 1. The largest absolute Gasteiger partial charge is 0.497 e. The highest BCUT2D eigenvalue weighted by atomic mass is 35.5. The van der Waals surface area contributed by atoms with Crippen molar-refractivity contribution in [2.24, 2.45) is 0 Å². The zero-order valence-electron chi connectivity index (χ0n) is 23.4. The molecule has 11 heteroatoms. The van der Waals surface area contributed by atoms with Crippen molar-refractivity contribution in [3.05, 3.63) is 53.1 Å². The van der Waals surface area contributed by atoms with Gasteiger partial charge in [0.15, 0.2) is 0 Å². The summed E-state index contributed by atoms with van der Waals surface area (Å²) in [6.45, 7) is 4.78. The fourth-order valence-electron chi connectivity index (χ4n) is 4.17. The molecular formula is C28H40ClN3O6S. The van der Waals surface area contributed by atoms with Gasteiger partial charge >= 0.3 is 0 Å². The number of halogens is 1. The van der Waals surface area contributed by atoms with Crippen LogP contribution < -0.4 is 19.1 Å². The third-order valence-electron chi connectivity index (χ3n) is 6.30. The van der Waals surface area contributed by atoms with Gasteiger partial charge in [0.2, 0.25) is 21.8 Å². The average Bonchev–Trinajstić information content (AvgIpc) is 2.90. The number of carbonyl (C=O) groups is 2. The van der Waals surface area contributed by atoms with Crippen LogP contribution in [0.5, 0.6) is 11.5 Å². The normalized spacial score (nSPS) is 11.9. The molecule has 0 saturated carbocycles. The van der Waals surface area contributed by atoms with Gasteiger partial charge in [-0.2, -0.15) is 0 Å². The highest BCUT2D eigenvalue weighted by Crippen LogP contribution is 2.30. The molecule has 2 amide bonds. The molecule has 0 aromatic heterocycles. The first-order valence-corrected chi connectivity index (χ1v) is 15.3. The van der Waals surface area contributed by atoms with E-state index in [1.165, 1.54) is 17.5 Å². The second kappa shape index (κ2) is 15.6. The Morgan fingerprint density at radius 1 is 1.03 bits per heavy atom.